The average Bonchev–Trinajstić information content (AvgIpc) is 3.14. The third kappa shape index (κ3) is 3.77. The largest absolute Gasteiger partial charge is 0.327 e. The van der Waals surface area contributed by atoms with Crippen LogP contribution >= 0.6 is 0 Å². The molecule has 20 heavy (non-hydrogen) atoms. The fourth-order valence-electron chi connectivity index (χ4n) is 1.94. The first kappa shape index (κ1) is 14.9. The van der Waals surface area contributed by atoms with Gasteiger partial charge in [-0.1, -0.05) is 0 Å². The van der Waals surface area contributed by atoms with Gasteiger partial charge in [0.05, 0.1) is 10.6 Å². The van der Waals surface area contributed by atoms with Gasteiger partial charge in [0.1, 0.15) is 5.82 Å². The molecule has 3 N–H and O–H groups in total. The summed E-state index contributed by atoms with van der Waals surface area (Å²) in [4.78, 5) is 11.7. The Labute approximate surface area is 117 Å². The third-order valence-corrected chi connectivity index (χ3v) is 4.40. The van der Waals surface area contributed by atoms with Crippen LogP contribution in [0.4, 0.5) is 10.1 Å². The summed E-state index contributed by atoms with van der Waals surface area (Å²) in [6.07, 6.45) is 3.17. The molecular formula is C13H17FN2O3S. The molecule has 1 aliphatic rings. The van der Waals surface area contributed by atoms with Crippen LogP contribution in [-0.2, 0) is 14.6 Å². The second kappa shape index (κ2) is 5.49. The van der Waals surface area contributed by atoms with Crippen molar-refractivity contribution in [3.8, 4) is 0 Å². The lowest BCUT2D eigenvalue weighted by Gasteiger charge is -2.11. The van der Waals surface area contributed by atoms with Gasteiger partial charge in [-0.25, -0.2) is 12.8 Å². The molecule has 1 fully saturated rings. The van der Waals surface area contributed by atoms with Crippen molar-refractivity contribution >= 4 is 21.4 Å². The number of nitrogens with two attached hydrogens (primary N) is 1. The minimum atomic E-state index is -3.45. The van der Waals surface area contributed by atoms with Crippen molar-refractivity contribution in [3.63, 3.8) is 0 Å². The van der Waals surface area contributed by atoms with Gasteiger partial charge in [-0.15, -0.1) is 0 Å². The van der Waals surface area contributed by atoms with Crippen molar-refractivity contribution in [2.45, 2.75) is 30.2 Å². The predicted octanol–water partition coefficient (Wildman–Crippen LogP) is 1.30. The molecule has 0 aromatic heterocycles. The molecule has 1 aliphatic carbocycles. The number of nitrogens with one attached hydrogen (secondary N) is 1. The van der Waals surface area contributed by atoms with Crippen molar-refractivity contribution in [1.29, 1.82) is 0 Å². The van der Waals surface area contributed by atoms with Gasteiger partial charge < -0.3 is 11.1 Å². The number of hydrogen-bond acceptors (Lipinski definition) is 4. The molecule has 1 amide bonds. The monoisotopic (exact) mass is 300 g/mol. The van der Waals surface area contributed by atoms with E-state index in [0.29, 0.717) is 5.92 Å². The van der Waals surface area contributed by atoms with Crippen LogP contribution in [0.15, 0.2) is 23.1 Å². The van der Waals surface area contributed by atoms with E-state index in [4.69, 9.17) is 5.73 Å². The van der Waals surface area contributed by atoms with Gasteiger partial charge in [-0.2, -0.15) is 0 Å². The van der Waals surface area contributed by atoms with Crippen LogP contribution in [0.5, 0.6) is 0 Å². The molecule has 0 spiro atoms. The maximum Gasteiger partial charge on any atom is 0.226 e. The molecule has 0 heterocycles. The number of carbonyl (C=O) groups is 1. The van der Waals surface area contributed by atoms with Crippen molar-refractivity contribution in [2.75, 3.05) is 11.6 Å². The molecule has 1 saturated carbocycles. The molecule has 7 heteroatoms. The molecule has 0 bridgehead atoms. The van der Waals surface area contributed by atoms with Gasteiger partial charge in [-0.3, -0.25) is 4.79 Å². The Bertz CT molecular complexity index is 627. The standard InChI is InChI=1S/C13H17FN2O3S/c1-20(18,19)9-4-5-10(14)12(6-9)16-13(17)7-11(15)8-2-3-8/h4-6,8,11H,2-3,7,15H2,1H3,(H,16,17). The maximum atomic E-state index is 13.6. The van der Waals surface area contributed by atoms with Crippen molar-refractivity contribution in [1.82, 2.24) is 0 Å². The number of amides is 1. The van der Waals surface area contributed by atoms with Crippen LogP contribution in [0, 0.1) is 11.7 Å². The zero-order valence-corrected chi connectivity index (χ0v) is 11.9. The molecule has 0 saturated heterocycles. The van der Waals surface area contributed by atoms with Gasteiger partial charge in [0.2, 0.25) is 5.91 Å². The Morgan fingerprint density at radius 2 is 2.15 bits per heavy atom. The lowest BCUT2D eigenvalue weighted by molar-refractivity contribution is -0.116. The van der Waals surface area contributed by atoms with E-state index in [1.807, 2.05) is 0 Å². The van der Waals surface area contributed by atoms with Gasteiger partial charge in [0.25, 0.3) is 0 Å². The summed E-state index contributed by atoms with van der Waals surface area (Å²) in [5.41, 5.74) is 5.68. The molecule has 1 atom stereocenters. The summed E-state index contributed by atoms with van der Waals surface area (Å²) < 4.78 is 36.4. The number of anilines is 1. The van der Waals surface area contributed by atoms with E-state index in [1.165, 1.54) is 0 Å². The molecule has 110 valence electrons. The highest BCUT2D eigenvalue weighted by Gasteiger charge is 2.30. The molecule has 1 aromatic rings. The smallest absolute Gasteiger partial charge is 0.226 e. The number of halogens is 1. The molecule has 1 aromatic carbocycles. The van der Waals surface area contributed by atoms with E-state index in [-0.39, 0.29) is 23.0 Å². The average molecular weight is 300 g/mol. The fourth-order valence-corrected chi connectivity index (χ4v) is 2.58. The molecule has 0 radical (unpaired) electrons. The van der Waals surface area contributed by atoms with E-state index in [0.717, 1.165) is 37.3 Å². The van der Waals surface area contributed by atoms with Crippen LogP contribution < -0.4 is 11.1 Å². The van der Waals surface area contributed by atoms with Gasteiger partial charge in [-0.05, 0) is 37.0 Å². The second-order valence-corrected chi connectivity index (χ2v) is 7.18. The van der Waals surface area contributed by atoms with Crippen molar-refractivity contribution in [3.05, 3.63) is 24.0 Å². The Hall–Kier alpha value is -1.47. The van der Waals surface area contributed by atoms with Gasteiger partial charge in [0.15, 0.2) is 9.84 Å². The van der Waals surface area contributed by atoms with E-state index < -0.39 is 21.6 Å². The molecule has 5 nitrogen and oxygen atoms in total. The number of sulfone groups is 1. The number of carbonyl (C=O) groups excluding carboxylic acids is 1. The van der Waals surface area contributed by atoms with E-state index in [2.05, 4.69) is 5.32 Å². The summed E-state index contributed by atoms with van der Waals surface area (Å²) in [6, 6.07) is 3.07. The predicted molar refractivity (Wildman–Crippen MR) is 73.5 cm³/mol. The van der Waals surface area contributed by atoms with Crippen LogP contribution in [0.25, 0.3) is 0 Å². The SMILES string of the molecule is CS(=O)(=O)c1ccc(F)c(NC(=O)CC(N)C2CC2)c1. The minimum Gasteiger partial charge on any atom is -0.327 e. The highest BCUT2D eigenvalue weighted by molar-refractivity contribution is 7.90. The lowest BCUT2D eigenvalue weighted by atomic mass is 10.1. The van der Waals surface area contributed by atoms with Crippen LogP contribution in [0.3, 0.4) is 0 Å². The summed E-state index contributed by atoms with van der Waals surface area (Å²) in [7, 11) is -3.45. The Morgan fingerprint density at radius 1 is 1.50 bits per heavy atom. The van der Waals surface area contributed by atoms with Crippen LogP contribution in [0.2, 0.25) is 0 Å². The highest BCUT2D eigenvalue weighted by atomic mass is 32.2. The molecule has 0 aliphatic heterocycles. The number of benzene rings is 1. The summed E-state index contributed by atoms with van der Waals surface area (Å²) in [6.45, 7) is 0. The Morgan fingerprint density at radius 3 is 2.70 bits per heavy atom. The first-order valence-electron chi connectivity index (χ1n) is 6.32. The summed E-state index contributed by atoms with van der Waals surface area (Å²) >= 11 is 0. The third-order valence-electron chi connectivity index (χ3n) is 3.29. The maximum absolute atomic E-state index is 13.6. The summed E-state index contributed by atoms with van der Waals surface area (Å²) in [5, 5.41) is 2.38. The second-order valence-electron chi connectivity index (χ2n) is 5.17. The lowest BCUT2D eigenvalue weighted by Crippen LogP contribution is -2.29. The molecular weight excluding hydrogens is 283 g/mol. The zero-order valence-electron chi connectivity index (χ0n) is 11.1. The van der Waals surface area contributed by atoms with Crippen LogP contribution in [0.1, 0.15) is 19.3 Å². The van der Waals surface area contributed by atoms with Crippen molar-refractivity contribution < 1.29 is 17.6 Å². The first-order valence-corrected chi connectivity index (χ1v) is 8.21. The van der Waals surface area contributed by atoms with E-state index >= 15 is 0 Å². The molecule has 2 rings (SSSR count). The fraction of sp³-hybridized carbons (Fsp3) is 0.462. The Kier molecular flexibility index (Phi) is 4.10. The first-order chi connectivity index (χ1) is 9.27. The van der Waals surface area contributed by atoms with E-state index in [9.17, 15) is 17.6 Å². The Balaban J connectivity index is 2.09. The highest BCUT2D eigenvalue weighted by Crippen LogP contribution is 2.33. The normalized spacial score (nSPS) is 16.8. The summed E-state index contributed by atoms with van der Waals surface area (Å²) in [5.74, 6) is -0.715. The number of rotatable bonds is 5. The molecule has 1 unspecified atom stereocenters. The quantitative estimate of drug-likeness (QED) is 0.802. The topological polar surface area (TPSA) is 89.3 Å². The van der Waals surface area contributed by atoms with Crippen molar-refractivity contribution in [2.24, 2.45) is 11.7 Å². The van der Waals surface area contributed by atoms with E-state index in [1.54, 1.807) is 0 Å². The zero-order chi connectivity index (χ0) is 14.9. The van der Waals surface area contributed by atoms with Gasteiger partial charge >= 0.3 is 0 Å². The van der Waals surface area contributed by atoms with Gasteiger partial charge in [0, 0.05) is 18.7 Å². The van der Waals surface area contributed by atoms with Crippen LogP contribution in [-0.4, -0.2) is 26.6 Å². The number of hydrogen-bond donors (Lipinski definition) is 2. The minimum absolute atomic E-state index is 0.0410.